The highest BCUT2D eigenvalue weighted by atomic mass is 32.1. The Morgan fingerprint density at radius 2 is 2.12 bits per heavy atom. The number of oxazole rings is 1. The number of likely N-dealkylation sites (tertiary alicyclic amines) is 1. The van der Waals surface area contributed by atoms with Crippen LogP contribution in [-0.4, -0.2) is 33.5 Å². The third kappa shape index (κ3) is 4.52. The fraction of sp³-hybridized carbons (Fsp3) is 0.526. The van der Waals surface area contributed by atoms with Crippen molar-refractivity contribution in [2.24, 2.45) is 0 Å². The van der Waals surface area contributed by atoms with Crippen molar-refractivity contribution in [1.82, 2.24) is 14.9 Å². The first-order chi connectivity index (χ1) is 12.3. The number of urea groups is 1. The lowest BCUT2D eigenvalue weighted by Gasteiger charge is -2.32. The highest BCUT2D eigenvalue weighted by Gasteiger charge is 2.23. The molecule has 0 aliphatic carbocycles. The highest BCUT2D eigenvalue weighted by molar-refractivity contribution is 7.16. The first kappa shape index (κ1) is 18.6. The van der Waals surface area contributed by atoms with Crippen molar-refractivity contribution >= 4 is 34.7 Å². The van der Waals surface area contributed by atoms with Gasteiger partial charge in [-0.1, -0.05) is 32.1 Å². The van der Waals surface area contributed by atoms with E-state index in [9.17, 15) is 4.79 Å². The lowest BCUT2D eigenvalue weighted by atomic mass is 9.94. The topological polar surface area (TPSA) is 71.3 Å². The molecule has 1 aliphatic heterocycles. The van der Waals surface area contributed by atoms with Gasteiger partial charge in [-0.15, -0.1) is 0 Å². The summed E-state index contributed by atoms with van der Waals surface area (Å²) in [7, 11) is 0. The zero-order chi connectivity index (χ0) is 18.7. The minimum absolute atomic E-state index is 0.0629. The second-order valence-corrected chi connectivity index (χ2v) is 8.74. The average Bonchev–Trinajstić information content (AvgIpc) is 3.22. The molecule has 1 aliphatic rings. The molecule has 26 heavy (non-hydrogen) atoms. The summed E-state index contributed by atoms with van der Waals surface area (Å²) >= 11 is 1.43. The largest absolute Gasteiger partial charge is 0.441 e. The lowest BCUT2D eigenvalue weighted by molar-refractivity contribution is 0.170. The van der Waals surface area contributed by atoms with Gasteiger partial charge in [0.05, 0.1) is 6.20 Å². The molecule has 0 aromatic carbocycles. The van der Waals surface area contributed by atoms with Crippen molar-refractivity contribution in [3.8, 4) is 0 Å². The molecule has 2 aromatic rings. The summed E-state index contributed by atoms with van der Waals surface area (Å²) in [6.45, 7) is 9.16. The minimum atomic E-state index is -0.0652. The van der Waals surface area contributed by atoms with E-state index >= 15 is 0 Å². The number of nitrogens with zero attached hydrogens (tertiary/aromatic N) is 3. The number of nitrogens with one attached hydrogen (secondary N) is 1. The van der Waals surface area contributed by atoms with Crippen LogP contribution in [0.5, 0.6) is 0 Å². The van der Waals surface area contributed by atoms with Gasteiger partial charge in [-0.05, 0) is 32.3 Å². The fourth-order valence-corrected chi connectivity index (χ4v) is 3.56. The number of carbonyl (C=O) groups is 1. The number of piperidine rings is 1. The molecule has 0 bridgehead atoms. The molecule has 1 N–H and O–H groups in total. The molecule has 1 atom stereocenters. The third-order valence-electron chi connectivity index (χ3n) is 4.45. The van der Waals surface area contributed by atoms with E-state index in [1.165, 1.54) is 17.8 Å². The van der Waals surface area contributed by atoms with E-state index in [4.69, 9.17) is 4.42 Å². The zero-order valence-corrected chi connectivity index (χ0v) is 16.6. The van der Waals surface area contributed by atoms with Gasteiger partial charge in [0.15, 0.2) is 5.13 Å². The van der Waals surface area contributed by atoms with Gasteiger partial charge in [0.2, 0.25) is 5.89 Å². The smallest absolute Gasteiger partial charge is 0.323 e. The van der Waals surface area contributed by atoms with E-state index in [1.807, 2.05) is 17.1 Å². The Balaban J connectivity index is 1.61. The van der Waals surface area contributed by atoms with Crippen LogP contribution >= 0.6 is 11.3 Å². The Kier molecular flexibility index (Phi) is 5.46. The van der Waals surface area contributed by atoms with Crippen LogP contribution in [0.1, 0.15) is 63.5 Å². The predicted molar refractivity (Wildman–Crippen MR) is 105 cm³/mol. The van der Waals surface area contributed by atoms with Gasteiger partial charge in [0.1, 0.15) is 5.76 Å². The summed E-state index contributed by atoms with van der Waals surface area (Å²) in [5, 5.41) is 3.51. The van der Waals surface area contributed by atoms with Crippen LogP contribution in [0.4, 0.5) is 9.93 Å². The Labute approximate surface area is 158 Å². The molecule has 1 fully saturated rings. The summed E-state index contributed by atoms with van der Waals surface area (Å²) in [4.78, 5) is 23.8. The highest BCUT2D eigenvalue weighted by Crippen LogP contribution is 2.25. The van der Waals surface area contributed by atoms with Crippen molar-refractivity contribution in [1.29, 1.82) is 0 Å². The van der Waals surface area contributed by atoms with Crippen molar-refractivity contribution in [2.75, 3.05) is 11.9 Å². The van der Waals surface area contributed by atoms with Crippen LogP contribution in [0.15, 0.2) is 16.8 Å². The van der Waals surface area contributed by atoms with Crippen molar-refractivity contribution < 1.29 is 9.21 Å². The van der Waals surface area contributed by atoms with Crippen LogP contribution in [0.25, 0.3) is 12.2 Å². The number of aromatic nitrogens is 2. The number of anilines is 1. The number of amides is 2. The Bertz CT molecular complexity index is 788. The maximum absolute atomic E-state index is 12.4. The molecule has 0 radical (unpaired) electrons. The number of hydrogen-bond acceptors (Lipinski definition) is 5. The number of hydrogen-bond donors (Lipinski definition) is 1. The van der Waals surface area contributed by atoms with Gasteiger partial charge in [0, 0.05) is 35.2 Å². The first-order valence-electron chi connectivity index (χ1n) is 9.01. The average molecular weight is 375 g/mol. The maximum Gasteiger partial charge on any atom is 0.323 e. The van der Waals surface area contributed by atoms with Gasteiger partial charge < -0.3 is 9.32 Å². The van der Waals surface area contributed by atoms with Crippen LogP contribution in [0, 0.1) is 0 Å². The van der Waals surface area contributed by atoms with Gasteiger partial charge in [0.25, 0.3) is 0 Å². The molecule has 3 rings (SSSR count). The van der Waals surface area contributed by atoms with Crippen molar-refractivity contribution in [2.45, 2.75) is 58.4 Å². The summed E-state index contributed by atoms with van der Waals surface area (Å²) in [6.07, 6.45) is 10.5. The van der Waals surface area contributed by atoms with E-state index in [-0.39, 0.29) is 17.5 Å². The molecule has 2 aromatic heterocycles. The Morgan fingerprint density at radius 1 is 1.31 bits per heavy atom. The SMILES string of the molecule is CC1CCCCN1C(=O)Nc1ncc(/C=C/c2ncc(C(C)(C)C)o2)s1. The third-order valence-corrected chi connectivity index (χ3v) is 5.33. The number of rotatable bonds is 3. The molecule has 1 unspecified atom stereocenters. The standard InChI is InChI=1S/C19H26N4O2S/c1-13-7-5-6-10-23(13)18(24)22-17-21-11-14(26-17)8-9-16-20-12-15(25-16)19(2,3)4/h8-9,11-13H,5-7,10H2,1-4H3,(H,21,22,24)/b9-8+. The van der Waals surface area contributed by atoms with E-state index < -0.39 is 0 Å². The molecule has 0 saturated carbocycles. The van der Waals surface area contributed by atoms with Crippen LogP contribution in [0.3, 0.4) is 0 Å². The Hall–Kier alpha value is -2.15. The number of carbonyl (C=O) groups excluding carboxylic acids is 1. The van der Waals surface area contributed by atoms with E-state index in [2.05, 4.69) is 43.0 Å². The lowest BCUT2D eigenvalue weighted by Crippen LogP contribution is -2.44. The molecular weight excluding hydrogens is 348 g/mol. The van der Waals surface area contributed by atoms with Crippen LogP contribution in [-0.2, 0) is 5.41 Å². The molecule has 0 spiro atoms. The van der Waals surface area contributed by atoms with Crippen LogP contribution in [0.2, 0.25) is 0 Å². The molecular formula is C19H26N4O2S. The minimum Gasteiger partial charge on any atom is -0.441 e. The van der Waals surface area contributed by atoms with Gasteiger partial charge in [-0.2, -0.15) is 0 Å². The van der Waals surface area contributed by atoms with E-state index in [0.717, 1.165) is 30.0 Å². The van der Waals surface area contributed by atoms with Gasteiger partial charge >= 0.3 is 6.03 Å². The maximum atomic E-state index is 12.4. The van der Waals surface area contributed by atoms with Gasteiger partial charge in [-0.25, -0.2) is 14.8 Å². The zero-order valence-electron chi connectivity index (χ0n) is 15.8. The second kappa shape index (κ2) is 7.61. The molecule has 3 heterocycles. The number of thiazole rings is 1. The van der Waals surface area contributed by atoms with E-state index in [1.54, 1.807) is 12.4 Å². The van der Waals surface area contributed by atoms with Crippen molar-refractivity contribution in [3.63, 3.8) is 0 Å². The quantitative estimate of drug-likeness (QED) is 0.820. The Morgan fingerprint density at radius 3 is 2.81 bits per heavy atom. The van der Waals surface area contributed by atoms with Crippen molar-refractivity contribution in [3.05, 3.63) is 28.9 Å². The summed E-state index contributed by atoms with van der Waals surface area (Å²) in [6, 6.07) is 0.217. The monoisotopic (exact) mass is 374 g/mol. The summed E-state index contributed by atoms with van der Waals surface area (Å²) in [5.41, 5.74) is -0.0629. The first-order valence-corrected chi connectivity index (χ1v) is 9.82. The molecule has 2 amide bonds. The molecule has 6 nitrogen and oxygen atoms in total. The van der Waals surface area contributed by atoms with Crippen LogP contribution < -0.4 is 5.32 Å². The molecule has 7 heteroatoms. The fourth-order valence-electron chi connectivity index (χ4n) is 2.85. The molecule has 1 saturated heterocycles. The summed E-state index contributed by atoms with van der Waals surface area (Å²) in [5.74, 6) is 1.42. The molecule has 140 valence electrons. The summed E-state index contributed by atoms with van der Waals surface area (Å²) < 4.78 is 5.74. The predicted octanol–water partition coefficient (Wildman–Crippen LogP) is 5.01. The van der Waals surface area contributed by atoms with Gasteiger partial charge in [-0.3, -0.25) is 5.32 Å². The van der Waals surface area contributed by atoms with E-state index in [0.29, 0.717) is 11.0 Å². The second-order valence-electron chi connectivity index (χ2n) is 7.68. The normalized spacial score (nSPS) is 18.5.